The zero-order valence-electron chi connectivity index (χ0n) is 17.1. The molecule has 2 aliphatic rings. The lowest BCUT2D eigenvalue weighted by Gasteiger charge is -2.37. The predicted octanol–water partition coefficient (Wildman–Crippen LogP) is 3.65. The highest BCUT2D eigenvalue weighted by molar-refractivity contribution is 14.0. The molecule has 2 saturated heterocycles. The molecule has 0 amide bonds. The number of thiophene rings is 1. The van der Waals surface area contributed by atoms with Crippen LogP contribution in [0.4, 0.5) is 10.8 Å². The second-order valence-electron chi connectivity index (χ2n) is 7.31. The molecule has 0 atom stereocenters. The van der Waals surface area contributed by atoms with Crippen LogP contribution in [0.25, 0.3) is 0 Å². The summed E-state index contributed by atoms with van der Waals surface area (Å²) in [6, 6.07) is 8.62. The van der Waals surface area contributed by atoms with Crippen LogP contribution in [-0.4, -0.2) is 61.7 Å². The van der Waals surface area contributed by atoms with Crippen LogP contribution < -0.4 is 15.1 Å². The summed E-state index contributed by atoms with van der Waals surface area (Å²) in [7, 11) is 0. The summed E-state index contributed by atoms with van der Waals surface area (Å²) >= 11 is 1.82. The Balaban J connectivity index is 0.00000240. The molecule has 0 unspecified atom stereocenters. The van der Waals surface area contributed by atoms with Gasteiger partial charge in [0.1, 0.15) is 5.82 Å². The van der Waals surface area contributed by atoms with E-state index in [1.165, 1.54) is 23.4 Å². The van der Waals surface area contributed by atoms with Crippen LogP contribution in [0.3, 0.4) is 0 Å². The van der Waals surface area contributed by atoms with E-state index in [0.29, 0.717) is 6.54 Å². The van der Waals surface area contributed by atoms with E-state index < -0.39 is 0 Å². The van der Waals surface area contributed by atoms with E-state index in [0.717, 1.165) is 57.6 Å². The molecule has 6 nitrogen and oxygen atoms in total. The first-order valence-corrected chi connectivity index (χ1v) is 11.2. The van der Waals surface area contributed by atoms with Crippen molar-refractivity contribution in [3.8, 4) is 0 Å². The molecule has 0 aliphatic carbocycles. The number of piperazine rings is 1. The number of nitrogens with one attached hydrogen (secondary N) is 1. The van der Waals surface area contributed by atoms with Crippen LogP contribution in [0.1, 0.15) is 25.3 Å². The molecular formula is C21H31IN6S. The average Bonchev–Trinajstić information content (AvgIpc) is 3.46. The van der Waals surface area contributed by atoms with Crippen molar-refractivity contribution in [2.24, 2.45) is 4.99 Å². The van der Waals surface area contributed by atoms with E-state index in [2.05, 4.69) is 61.6 Å². The van der Waals surface area contributed by atoms with Gasteiger partial charge in [-0.1, -0.05) is 0 Å². The first-order valence-electron chi connectivity index (χ1n) is 10.3. The Morgan fingerprint density at radius 3 is 2.59 bits per heavy atom. The van der Waals surface area contributed by atoms with E-state index in [-0.39, 0.29) is 24.0 Å². The lowest BCUT2D eigenvalue weighted by Crippen LogP contribution is -2.52. The Morgan fingerprint density at radius 1 is 1.10 bits per heavy atom. The topological polar surface area (TPSA) is 47.0 Å². The number of aromatic nitrogens is 1. The van der Waals surface area contributed by atoms with Crippen molar-refractivity contribution in [1.29, 1.82) is 0 Å². The van der Waals surface area contributed by atoms with Gasteiger partial charge in [-0.15, -0.1) is 35.3 Å². The summed E-state index contributed by atoms with van der Waals surface area (Å²) in [5, 5.41) is 7.00. The molecule has 1 N–H and O–H groups in total. The normalized spacial score (nSPS) is 17.4. The van der Waals surface area contributed by atoms with Crippen LogP contribution in [0, 0.1) is 0 Å². The molecule has 2 fully saturated rings. The number of halogens is 1. The lowest BCUT2D eigenvalue weighted by molar-refractivity contribution is 0.373. The van der Waals surface area contributed by atoms with Crippen molar-refractivity contribution in [2.75, 3.05) is 55.6 Å². The number of anilines is 2. The van der Waals surface area contributed by atoms with Crippen molar-refractivity contribution in [3.05, 3.63) is 41.4 Å². The van der Waals surface area contributed by atoms with E-state index in [4.69, 9.17) is 4.99 Å². The molecular weight excluding hydrogens is 495 g/mol. The highest BCUT2D eigenvalue weighted by Crippen LogP contribution is 2.22. The molecule has 0 spiro atoms. The molecule has 0 saturated carbocycles. The van der Waals surface area contributed by atoms with Crippen LogP contribution >= 0.6 is 35.3 Å². The minimum atomic E-state index is 0. The Morgan fingerprint density at radius 2 is 1.90 bits per heavy atom. The molecule has 0 bridgehead atoms. The molecule has 158 valence electrons. The van der Waals surface area contributed by atoms with E-state index >= 15 is 0 Å². The first kappa shape index (κ1) is 22.1. The SMILES string of the molecule is CCNC(=NCc1ccnc(N2CCCC2)c1)N1CCN(c2cccs2)CC1.I. The van der Waals surface area contributed by atoms with Crippen molar-refractivity contribution in [1.82, 2.24) is 15.2 Å². The van der Waals surface area contributed by atoms with Crippen LogP contribution in [-0.2, 0) is 6.54 Å². The summed E-state index contributed by atoms with van der Waals surface area (Å²) < 4.78 is 0. The smallest absolute Gasteiger partial charge is 0.194 e. The van der Waals surface area contributed by atoms with Crippen molar-refractivity contribution in [2.45, 2.75) is 26.3 Å². The van der Waals surface area contributed by atoms with Gasteiger partial charge in [0.15, 0.2) is 5.96 Å². The summed E-state index contributed by atoms with van der Waals surface area (Å²) in [5.74, 6) is 2.12. The van der Waals surface area contributed by atoms with Crippen molar-refractivity contribution in [3.63, 3.8) is 0 Å². The van der Waals surface area contributed by atoms with Gasteiger partial charge in [0.25, 0.3) is 0 Å². The molecule has 0 aromatic carbocycles. The van der Waals surface area contributed by atoms with Gasteiger partial charge < -0.3 is 20.0 Å². The van der Waals surface area contributed by atoms with Gasteiger partial charge in [0.2, 0.25) is 0 Å². The molecule has 4 rings (SSSR count). The second kappa shape index (κ2) is 11.0. The number of hydrogen-bond acceptors (Lipinski definition) is 5. The third-order valence-electron chi connectivity index (χ3n) is 5.38. The minimum Gasteiger partial charge on any atom is -0.360 e. The summed E-state index contributed by atoms with van der Waals surface area (Å²) in [5.41, 5.74) is 1.23. The molecule has 0 radical (unpaired) electrons. The molecule has 4 heterocycles. The maximum absolute atomic E-state index is 4.93. The first-order chi connectivity index (χ1) is 13.8. The maximum Gasteiger partial charge on any atom is 0.194 e. The zero-order valence-corrected chi connectivity index (χ0v) is 20.2. The fraction of sp³-hybridized carbons (Fsp3) is 0.524. The molecule has 2 aromatic rings. The van der Waals surface area contributed by atoms with E-state index in [9.17, 15) is 0 Å². The molecule has 2 aromatic heterocycles. The fourth-order valence-corrected chi connectivity index (χ4v) is 4.64. The van der Waals surface area contributed by atoms with Gasteiger partial charge in [-0.05, 0) is 55.0 Å². The number of guanidine groups is 1. The molecule has 2 aliphatic heterocycles. The lowest BCUT2D eigenvalue weighted by atomic mass is 10.2. The van der Waals surface area contributed by atoms with Gasteiger partial charge in [0, 0.05) is 52.0 Å². The van der Waals surface area contributed by atoms with Gasteiger partial charge >= 0.3 is 0 Å². The average molecular weight is 526 g/mol. The predicted molar refractivity (Wildman–Crippen MR) is 134 cm³/mol. The summed E-state index contributed by atoms with van der Waals surface area (Å²) in [4.78, 5) is 16.7. The number of rotatable bonds is 5. The van der Waals surface area contributed by atoms with Gasteiger partial charge in [-0.2, -0.15) is 0 Å². The van der Waals surface area contributed by atoms with Gasteiger partial charge in [0.05, 0.1) is 11.5 Å². The largest absolute Gasteiger partial charge is 0.360 e. The second-order valence-corrected chi connectivity index (χ2v) is 8.24. The van der Waals surface area contributed by atoms with Crippen LogP contribution in [0.5, 0.6) is 0 Å². The minimum absolute atomic E-state index is 0. The Labute approximate surface area is 195 Å². The van der Waals surface area contributed by atoms with Gasteiger partial charge in [-0.3, -0.25) is 0 Å². The highest BCUT2D eigenvalue weighted by Gasteiger charge is 2.20. The maximum atomic E-state index is 4.93. The Bertz CT molecular complexity index is 767. The highest BCUT2D eigenvalue weighted by atomic mass is 127. The van der Waals surface area contributed by atoms with E-state index in [1.54, 1.807) is 0 Å². The van der Waals surface area contributed by atoms with Crippen molar-refractivity contribution >= 4 is 52.1 Å². The fourth-order valence-electron chi connectivity index (χ4n) is 3.86. The van der Waals surface area contributed by atoms with Crippen molar-refractivity contribution < 1.29 is 0 Å². The van der Waals surface area contributed by atoms with E-state index in [1.807, 2.05) is 17.5 Å². The van der Waals surface area contributed by atoms with Crippen LogP contribution in [0.2, 0.25) is 0 Å². The monoisotopic (exact) mass is 526 g/mol. The third-order valence-corrected chi connectivity index (χ3v) is 6.31. The standard InChI is InChI=1S/C21H30N6S.HI/c1-2-22-21(27-13-11-26(12-14-27)20-6-5-15-28-20)24-17-18-7-8-23-19(16-18)25-9-3-4-10-25;/h5-8,15-16H,2-4,9-14,17H2,1H3,(H,22,24);1H. The number of nitrogens with zero attached hydrogens (tertiary/aromatic N) is 5. The Kier molecular flexibility index (Phi) is 8.40. The number of hydrogen-bond donors (Lipinski definition) is 1. The number of aliphatic imine (C=N–C) groups is 1. The summed E-state index contributed by atoms with van der Waals surface area (Å²) in [6.07, 6.45) is 4.46. The van der Waals surface area contributed by atoms with Gasteiger partial charge in [-0.25, -0.2) is 9.98 Å². The number of pyridine rings is 1. The summed E-state index contributed by atoms with van der Waals surface area (Å²) in [6.45, 7) is 10.0. The Hall–Kier alpha value is -1.55. The molecule has 29 heavy (non-hydrogen) atoms. The van der Waals surface area contributed by atoms with Crippen LogP contribution in [0.15, 0.2) is 40.8 Å². The zero-order chi connectivity index (χ0) is 19.2. The third kappa shape index (κ3) is 5.75. The quantitative estimate of drug-likeness (QED) is 0.366. The molecule has 8 heteroatoms.